The van der Waals surface area contributed by atoms with Crippen molar-refractivity contribution in [2.24, 2.45) is 0 Å². The number of benzene rings is 3. The number of aromatic hydroxyl groups is 2. The minimum Gasteiger partial charge on any atom is -0.506 e. The number of hydrogen-bond acceptors (Lipinski definition) is 7. The number of aliphatic hydroxyl groups is 1. The Hall–Kier alpha value is -2.62. The predicted octanol–water partition coefficient (Wildman–Crippen LogP) is 5.60. The fourth-order valence-corrected chi connectivity index (χ4v) is 4.95. The molecule has 0 aliphatic carbocycles. The van der Waals surface area contributed by atoms with Crippen LogP contribution in [0.15, 0.2) is 54.6 Å². The summed E-state index contributed by atoms with van der Waals surface area (Å²) < 4.78 is 3.00. The normalized spacial score (nSPS) is 12.3. The second kappa shape index (κ2) is 13.4. The molecule has 0 fully saturated rings. The smallest absolute Gasteiger partial charge is 0.224 e. The third-order valence-electron chi connectivity index (χ3n) is 5.96. The Bertz CT molecular complexity index is 1250. The van der Waals surface area contributed by atoms with Gasteiger partial charge in [0.2, 0.25) is 5.91 Å². The van der Waals surface area contributed by atoms with Gasteiger partial charge in [-0.05, 0) is 66.8 Å². The van der Waals surface area contributed by atoms with E-state index in [2.05, 4.69) is 29.2 Å². The van der Waals surface area contributed by atoms with Crippen molar-refractivity contribution in [2.75, 3.05) is 17.5 Å². The summed E-state index contributed by atoms with van der Waals surface area (Å²) in [7, 11) is 0. The number of rotatable bonds is 12. The van der Waals surface area contributed by atoms with Gasteiger partial charge in [-0.2, -0.15) is 0 Å². The van der Waals surface area contributed by atoms with E-state index in [1.54, 1.807) is 30.3 Å². The summed E-state index contributed by atoms with van der Waals surface area (Å²) in [5.41, 5.74) is 3.58. The molecule has 0 bridgehead atoms. The molecule has 10 heteroatoms. The van der Waals surface area contributed by atoms with Gasteiger partial charge in [0.15, 0.2) is 5.75 Å². The number of nitrogens with one attached hydrogen (secondary N) is 3. The summed E-state index contributed by atoms with van der Waals surface area (Å²) in [5, 5.41) is 36.9. The quantitative estimate of drug-likeness (QED) is 0.123. The van der Waals surface area contributed by atoms with Gasteiger partial charge in [0.1, 0.15) is 5.75 Å². The van der Waals surface area contributed by atoms with Crippen LogP contribution in [0.4, 0.5) is 5.69 Å². The van der Waals surface area contributed by atoms with Crippen molar-refractivity contribution in [1.29, 1.82) is 0 Å². The minimum atomic E-state index is -0.745. The lowest BCUT2D eigenvalue weighted by molar-refractivity contribution is -0.120. The van der Waals surface area contributed by atoms with E-state index in [9.17, 15) is 20.1 Å². The molecule has 0 aromatic heterocycles. The Morgan fingerprint density at radius 3 is 2.37 bits per heavy atom. The number of β-amino-alcohol motifs (C(OH)–C–C–N with tert-alkyl or cyclic N) is 1. The van der Waals surface area contributed by atoms with Crippen molar-refractivity contribution >= 4 is 46.7 Å². The Labute approximate surface area is 237 Å². The lowest BCUT2D eigenvalue weighted by Gasteiger charge is -2.28. The van der Waals surface area contributed by atoms with E-state index in [0.717, 1.165) is 11.1 Å². The largest absolute Gasteiger partial charge is 0.506 e. The van der Waals surface area contributed by atoms with Gasteiger partial charge in [-0.25, -0.2) is 0 Å². The Morgan fingerprint density at radius 1 is 1.00 bits per heavy atom. The highest BCUT2D eigenvalue weighted by Crippen LogP contribution is 2.32. The Kier molecular flexibility index (Phi) is 10.6. The van der Waals surface area contributed by atoms with Crippen molar-refractivity contribution in [2.45, 2.75) is 44.9 Å². The van der Waals surface area contributed by atoms with Gasteiger partial charge in [-0.3, -0.25) is 4.79 Å². The van der Waals surface area contributed by atoms with Crippen molar-refractivity contribution in [1.82, 2.24) is 10.6 Å². The molecule has 0 aliphatic heterocycles. The molecule has 3 rings (SSSR count). The van der Waals surface area contributed by atoms with Crippen LogP contribution in [0.1, 0.15) is 42.2 Å². The number of aliphatic hydroxyl groups excluding tert-OH is 1. The highest BCUT2D eigenvalue weighted by Gasteiger charge is 2.21. The SMILES string of the molecule is CSNc1cc([C@@H](O)CNC(C)(C)Cc2cccc(CC(=O)NCc3cc(Cl)c(O)c(Cl)c3)c2)ccc1O. The first-order valence-electron chi connectivity index (χ1n) is 12.0. The number of carbonyl (C=O) groups excluding carboxylic acids is 1. The summed E-state index contributed by atoms with van der Waals surface area (Å²) >= 11 is 13.3. The van der Waals surface area contributed by atoms with Gasteiger partial charge >= 0.3 is 0 Å². The van der Waals surface area contributed by atoms with Crippen LogP contribution in [0.5, 0.6) is 11.5 Å². The van der Waals surface area contributed by atoms with Crippen LogP contribution in [-0.2, 0) is 24.2 Å². The van der Waals surface area contributed by atoms with E-state index < -0.39 is 6.10 Å². The molecule has 0 heterocycles. The third kappa shape index (κ3) is 8.71. The topological polar surface area (TPSA) is 114 Å². The van der Waals surface area contributed by atoms with E-state index in [1.807, 2.05) is 30.5 Å². The van der Waals surface area contributed by atoms with Gasteiger partial charge < -0.3 is 30.7 Å². The molecule has 6 N–H and O–H groups in total. The molecule has 0 aliphatic rings. The van der Waals surface area contributed by atoms with Gasteiger partial charge in [-0.15, -0.1) is 0 Å². The van der Waals surface area contributed by atoms with E-state index in [1.165, 1.54) is 11.9 Å². The molecular formula is C28H33Cl2N3O4S. The molecule has 0 spiro atoms. The van der Waals surface area contributed by atoms with Crippen LogP contribution in [0.3, 0.4) is 0 Å². The first kappa shape index (κ1) is 29.9. The van der Waals surface area contributed by atoms with Crippen LogP contribution in [0.2, 0.25) is 10.0 Å². The van der Waals surface area contributed by atoms with Crippen molar-refractivity contribution in [3.8, 4) is 11.5 Å². The lowest BCUT2D eigenvalue weighted by Crippen LogP contribution is -2.43. The van der Waals surface area contributed by atoms with Crippen LogP contribution in [-0.4, -0.2) is 39.6 Å². The highest BCUT2D eigenvalue weighted by atomic mass is 35.5. The molecule has 1 amide bonds. The highest BCUT2D eigenvalue weighted by molar-refractivity contribution is 7.99. The Balaban J connectivity index is 1.54. The summed E-state index contributed by atoms with van der Waals surface area (Å²) in [6, 6.07) is 16.0. The molecule has 0 unspecified atom stereocenters. The maximum absolute atomic E-state index is 12.5. The van der Waals surface area contributed by atoms with Crippen molar-refractivity contribution in [3.05, 3.63) is 86.9 Å². The molecule has 0 radical (unpaired) electrons. The zero-order valence-electron chi connectivity index (χ0n) is 21.5. The zero-order valence-corrected chi connectivity index (χ0v) is 23.8. The second-order valence-electron chi connectivity index (χ2n) is 9.72. The van der Waals surface area contributed by atoms with E-state index in [-0.39, 0.29) is 46.0 Å². The number of hydrogen-bond donors (Lipinski definition) is 6. The summed E-state index contributed by atoms with van der Waals surface area (Å²) in [5.74, 6) is -0.191. The summed E-state index contributed by atoms with van der Waals surface area (Å²) in [6.45, 7) is 4.70. The fourth-order valence-electron chi connectivity index (χ4n) is 4.03. The van der Waals surface area contributed by atoms with Crippen molar-refractivity contribution < 1.29 is 20.1 Å². The monoisotopic (exact) mass is 577 g/mol. The van der Waals surface area contributed by atoms with Crippen LogP contribution >= 0.6 is 35.1 Å². The molecule has 0 saturated heterocycles. The zero-order chi connectivity index (χ0) is 27.9. The predicted molar refractivity (Wildman–Crippen MR) is 156 cm³/mol. The summed E-state index contributed by atoms with van der Waals surface area (Å²) in [6.07, 6.45) is 2.02. The number of phenolic OH excluding ortho intramolecular Hbond substituents is 2. The third-order valence-corrected chi connectivity index (χ3v) is 6.96. The van der Waals surface area contributed by atoms with E-state index >= 15 is 0 Å². The number of amides is 1. The molecule has 3 aromatic rings. The lowest BCUT2D eigenvalue weighted by atomic mass is 9.93. The Morgan fingerprint density at radius 2 is 1.68 bits per heavy atom. The number of phenols is 2. The number of anilines is 1. The first-order chi connectivity index (χ1) is 18.0. The molecule has 38 heavy (non-hydrogen) atoms. The molecular weight excluding hydrogens is 545 g/mol. The molecule has 7 nitrogen and oxygen atoms in total. The first-order valence-corrected chi connectivity index (χ1v) is 14.0. The minimum absolute atomic E-state index is 0.131. The maximum Gasteiger partial charge on any atom is 0.224 e. The second-order valence-corrected chi connectivity index (χ2v) is 11.1. The molecule has 1 atom stereocenters. The van der Waals surface area contributed by atoms with E-state index in [4.69, 9.17) is 23.2 Å². The van der Waals surface area contributed by atoms with Gasteiger partial charge in [0, 0.05) is 24.9 Å². The maximum atomic E-state index is 12.5. The van der Waals surface area contributed by atoms with Gasteiger partial charge in [0.05, 0.1) is 28.3 Å². The van der Waals surface area contributed by atoms with Crippen molar-refractivity contribution in [3.63, 3.8) is 0 Å². The van der Waals surface area contributed by atoms with Crippen LogP contribution in [0.25, 0.3) is 0 Å². The van der Waals surface area contributed by atoms with E-state index in [0.29, 0.717) is 29.8 Å². The number of halogens is 2. The average Bonchev–Trinajstić information content (AvgIpc) is 2.86. The van der Waals surface area contributed by atoms with Crippen LogP contribution < -0.4 is 15.4 Å². The average molecular weight is 579 g/mol. The fraction of sp³-hybridized carbons (Fsp3) is 0.321. The number of carbonyl (C=O) groups is 1. The van der Waals surface area contributed by atoms with Gasteiger partial charge in [0.25, 0.3) is 0 Å². The summed E-state index contributed by atoms with van der Waals surface area (Å²) in [4.78, 5) is 12.5. The molecule has 204 valence electrons. The van der Waals surface area contributed by atoms with Gasteiger partial charge in [-0.1, -0.05) is 65.5 Å². The molecule has 0 saturated carbocycles. The standard InChI is InChI=1S/C28H33Cl2N3O4S/c1-28(2,32-16-25(35)20-7-8-24(34)23(13-20)33-38-3)14-18-6-4-5-17(9-18)12-26(36)31-15-19-10-21(29)27(37)22(30)11-19/h4-11,13,25,32-35,37H,12,14-16H2,1-3H3,(H,31,36)/t25-/m0/s1. The van der Waals surface area contributed by atoms with Crippen LogP contribution in [0, 0.1) is 0 Å². The molecule has 3 aromatic carbocycles.